The molecule has 33 heavy (non-hydrogen) atoms. The SMILES string of the molecule is C[C@@H](Nc1nc(N2CCC(NC(=O)[C@H]3C[C@H](F)CN3)CC2)ncc1Cl)c1ccc(Cl)cc1Cl. The molecule has 0 spiro atoms. The highest BCUT2D eigenvalue weighted by molar-refractivity contribution is 6.35. The largest absolute Gasteiger partial charge is 0.362 e. The lowest BCUT2D eigenvalue weighted by molar-refractivity contribution is -0.123. The molecule has 3 atom stereocenters. The lowest BCUT2D eigenvalue weighted by Gasteiger charge is -2.33. The number of alkyl halides is 1. The predicted molar refractivity (Wildman–Crippen MR) is 130 cm³/mol. The lowest BCUT2D eigenvalue weighted by atomic mass is 10.0. The zero-order valence-electron chi connectivity index (χ0n) is 18.1. The van der Waals surface area contributed by atoms with E-state index in [1.165, 1.54) is 0 Å². The Kier molecular flexibility index (Phi) is 7.79. The molecule has 2 saturated heterocycles. The van der Waals surface area contributed by atoms with Crippen LogP contribution in [0.2, 0.25) is 15.1 Å². The van der Waals surface area contributed by atoms with Crippen molar-refractivity contribution >= 4 is 52.5 Å². The third-order valence-electron chi connectivity index (χ3n) is 6.03. The molecule has 2 fully saturated rings. The molecule has 0 aliphatic carbocycles. The van der Waals surface area contributed by atoms with Crippen molar-refractivity contribution in [3.8, 4) is 0 Å². The molecule has 7 nitrogen and oxygen atoms in total. The quantitative estimate of drug-likeness (QED) is 0.529. The van der Waals surface area contributed by atoms with E-state index in [0.29, 0.717) is 39.9 Å². The first kappa shape index (κ1) is 24.3. The van der Waals surface area contributed by atoms with Crippen LogP contribution in [0, 0.1) is 0 Å². The van der Waals surface area contributed by atoms with Crippen molar-refractivity contribution in [2.45, 2.75) is 50.5 Å². The van der Waals surface area contributed by atoms with Gasteiger partial charge in [0.2, 0.25) is 11.9 Å². The smallest absolute Gasteiger partial charge is 0.237 e. The number of hydrogen-bond donors (Lipinski definition) is 3. The van der Waals surface area contributed by atoms with E-state index >= 15 is 0 Å². The van der Waals surface area contributed by atoms with Gasteiger partial charge >= 0.3 is 0 Å². The summed E-state index contributed by atoms with van der Waals surface area (Å²) in [5.41, 5.74) is 0.879. The molecule has 3 heterocycles. The van der Waals surface area contributed by atoms with Gasteiger partial charge in [0.15, 0.2) is 5.82 Å². The fourth-order valence-electron chi connectivity index (χ4n) is 4.16. The van der Waals surface area contributed by atoms with Crippen LogP contribution in [0.5, 0.6) is 0 Å². The Morgan fingerprint density at radius 3 is 2.67 bits per heavy atom. The average molecular weight is 516 g/mol. The number of hydrogen-bond acceptors (Lipinski definition) is 6. The molecule has 0 bridgehead atoms. The molecular formula is C22H26Cl3FN6O. The van der Waals surface area contributed by atoms with E-state index in [0.717, 1.165) is 18.4 Å². The molecule has 4 rings (SSSR count). The van der Waals surface area contributed by atoms with Crippen molar-refractivity contribution in [2.75, 3.05) is 29.9 Å². The van der Waals surface area contributed by atoms with Crippen molar-refractivity contribution in [2.24, 2.45) is 0 Å². The van der Waals surface area contributed by atoms with Crippen molar-refractivity contribution in [1.82, 2.24) is 20.6 Å². The van der Waals surface area contributed by atoms with Gasteiger partial charge in [-0.15, -0.1) is 0 Å². The van der Waals surface area contributed by atoms with Gasteiger partial charge in [0, 0.05) is 42.1 Å². The Hall–Kier alpha value is -1.87. The fourth-order valence-corrected chi connectivity index (χ4v) is 4.88. The molecule has 0 unspecified atom stereocenters. The van der Waals surface area contributed by atoms with E-state index < -0.39 is 12.2 Å². The number of nitrogens with one attached hydrogen (secondary N) is 3. The first-order valence-electron chi connectivity index (χ1n) is 11.0. The summed E-state index contributed by atoms with van der Waals surface area (Å²) >= 11 is 18.7. The molecule has 1 amide bonds. The third-order valence-corrected chi connectivity index (χ3v) is 6.87. The first-order chi connectivity index (χ1) is 15.8. The summed E-state index contributed by atoms with van der Waals surface area (Å²) in [6, 6.07) is 4.81. The van der Waals surface area contributed by atoms with Crippen LogP contribution in [0.25, 0.3) is 0 Å². The second-order valence-electron chi connectivity index (χ2n) is 8.46. The standard InChI is InChI=1S/C22H26Cl3FN6O/c1-12(16-3-2-13(23)8-17(16)24)29-20-18(25)11-28-22(31-20)32-6-4-15(5-7-32)30-21(33)19-9-14(26)10-27-19/h2-3,8,11-12,14-15,19,27H,4-7,9-10H2,1H3,(H,30,33)(H,28,29,31)/t12-,14+,19-/m1/s1. The number of anilines is 2. The number of aromatic nitrogens is 2. The Labute approximate surface area is 207 Å². The van der Waals surface area contributed by atoms with Crippen LogP contribution >= 0.6 is 34.8 Å². The summed E-state index contributed by atoms with van der Waals surface area (Å²) in [6.45, 7) is 3.58. The topological polar surface area (TPSA) is 82.2 Å². The van der Waals surface area contributed by atoms with E-state index in [-0.39, 0.29) is 31.0 Å². The van der Waals surface area contributed by atoms with Crippen LogP contribution in [0.1, 0.15) is 37.8 Å². The number of piperidine rings is 1. The zero-order valence-corrected chi connectivity index (χ0v) is 20.4. The highest BCUT2D eigenvalue weighted by Gasteiger charge is 2.31. The minimum atomic E-state index is -0.953. The number of rotatable bonds is 6. The Balaban J connectivity index is 1.35. The van der Waals surface area contributed by atoms with Crippen molar-refractivity contribution in [3.63, 3.8) is 0 Å². The van der Waals surface area contributed by atoms with Crippen LogP contribution < -0.4 is 20.9 Å². The van der Waals surface area contributed by atoms with E-state index in [4.69, 9.17) is 34.8 Å². The Bertz CT molecular complexity index is 1000. The van der Waals surface area contributed by atoms with Gasteiger partial charge in [0.1, 0.15) is 11.2 Å². The minimum absolute atomic E-state index is 0.0474. The van der Waals surface area contributed by atoms with E-state index in [1.54, 1.807) is 18.3 Å². The number of benzene rings is 1. The Morgan fingerprint density at radius 1 is 1.24 bits per heavy atom. The summed E-state index contributed by atoms with van der Waals surface area (Å²) in [7, 11) is 0. The van der Waals surface area contributed by atoms with Crippen molar-refractivity contribution in [3.05, 3.63) is 45.0 Å². The summed E-state index contributed by atoms with van der Waals surface area (Å²) in [6.07, 6.45) is 2.37. The van der Waals surface area contributed by atoms with Gasteiger partial charge in [0.25, 0.3) is 0 Å². The van der Waals surface area contributed by atoms with Crippen LogP contribution in [-0.2, 0) is 4.79 Å². The number of nitrogens with zero attached hydrogens (tertiary/aromatic N) is 3. The molecule has 0 radical (unpaired) electrons. The number of carbonyl (C=O) groups is 1. The summed E-state index contributed by atoms with van der Waals surface area (Å²) < 4.78 is 13.3. The molecule has 3 N–H and O–H groups in total. The average Bonchev–Trinajstić information content (AvgIpc) is 3.22. The second kappa shape index (κ2) is 10.6. The van der Waals surface area contributed by atoms with E-state index in [1.807, 2.05) is 13.0 Å². The van der Waals surface area contributed by atoms with Crippen molar-refractivity contribution < 1.29 is 9.18 Å². The number of amides is 1. The van der Waals surface area contributed by atoms with Gasteiger partial charge in [0.05, 0.1) is 18.3 Å². The highest BCUT2D eigenvalue weighted by atomic mass is 35.5. The molecule has 1 aromatic heterocycles. The molecule has 1 aromatic carbocycles. The predicted octanol–water partition coefficient (Wildman–Crippen LogP) is 4.39. The maximum Gasteiger partial charge on any atom is 0.237 e. The zero-order chi connectivity index (χ0) is 23.5. The highest BCUT2D eigenvalue weighted by Crippen LogP contribution is 2.31. The van der Waals surface area contributed by atoms with Gasteiger partial charge in [-0.2, -0.15) is 4.98 Å². The van der Waals surface area contributed by atoms with Crippen molar-refractivity contribution in [1.29, 1.82) is 0 Å². The summed E-state index contributed by atoms with van der Waals surface area (Å²) in [5.74, 6) is 0.959. The molecule has 11 heteroatoms. The van der Waals surface area contributed by atoms with Crippen LogP contribution in [0.3, 0.4) is 0 Å². The Morgan fingerprint density at radius 2 is 2.00 bits per heavy atom. The fraction of sp³-hybridized carbons (Fsp3) is 0.500. The van der Waals surface area contributed by atoms with Crippen LogP contribution in [0.4, 0.5) is 16.2 Å². The van der Waals surface area contributed by atoms with Crippen LogP contribution in [0.15, 0.2) is 24.4 Å². The molecular weight excluding hydrogens is 490 g/mol. The number of halogens is 4. The van der Waals surface area contributed by atoms with Gasteiger partial charge in [-0.25, -0.2) is 9.37 Å². The molecule has 2 aliphatic heterocycles. The van der Waals surface area contributed by atoms with Gasteiger partial charge < -0.3 is 20.9 Å². The monoisotopic (exact) mass is 514 g/mol. The summed E-state index contributed by atoms with van der Waals surface area (Å²) in [4.78, 5) is 23.4. The minimum Gasteiger partial charge on any atom is -0.362 e. The normalized spacial score (nSPS) is 22.3. The van der Waals surface area contributed by atoms with Gasteiger partial charge in [-0.05, 0) is 37.5 Å². The van der Waals surface area contributed by atoms with Gasteiger partial charge in [-0.3, -0.25) is 4.79 Å². The molecule has 178 valence electrons. The second-order valence-corrected chi connectivity index (χ2v) is 9.71. The van der Waals surface area contributed by atoms with E-state index in [2.05, 4.69) is 30.8 Å². The van der Waals surface area contributed by atoms with Gasteiger partial charge in [-0.1, -0.05) is 40.9 Å². The van der Waals surface area contributed by atoms with E-state index in [9.17, 15) is 9.18 Å². The maximum atomic E-state index is 13.3. The molecule has 2 aromatic rings. The third kappa shape index (κ3) is 5.98. The van der Waals surface area contributed by atoms with Crippen LogP contribution in [-0.4, -0.2) is 53.8 Å². The number of carbonyl (C=O) groups excluding carboxylic acids is 1. The first-order valence-corrected chi connectivity index (χ1v) is 12.1. The molecule has 2 aliphatic rings. The summed E-state index contributed by atoms with van der Waals surface area (Å²) in [5, 5.41) is 10.8. The maximum absolute atomic E-state index is 13.3. The lowest BCUT2D eigenvalue weighted by Crippen LogP contribution is -2.49. The molecule has 0 saturated carbocycles.